The summed E-state index contributed by atoms with van der Waals surface area (Å²) in [5.41, 5.74) is 8.21. The lowest BCUT2D eigenvalue weighted by Crippen LogP contribution is -2.47. The van der Waals surface area contributed by atoms with Crippen molar-refractivity contribution in [1.82, 2.24) is 9.97 Å². The van der Waals surface area contributed by atoms with E-state index in [4.69, 9.17) is 10.5 Å². The Morgan fingerprint density at radius 2 is 1.56 bits per heavy atom. The SMILES string of the molecule is COc1ccc(N2CCN(c3nc(N)c4ccccc4n3)CC2)cc1. The van der Waals surface area contributed by atoms with Gasteiger partial charge in [-0.25, -0.2) is 4.98 Å². The van der Waals surface area contributed by atoms with E-state index < -0.39 is 0 Å². The van der Waals surface area contributed by atoms with Crippen LogP contribution in [0.15, 0.2) is 48.5 Å². The van der Waals surface area contributed by atoms with Gasteiger partial charge in [-0.05, 0) is 36.4 Å². The van der Waals surface area contributed by atoms with E-state index in [1.165, 1.54) is 5.69 Å². The average molecular weight is 335 g/mol. The van der Waals surface area contributed by atoms with Gasteiger partial charge in [-0.15, -0.1) is 0 Å². The highest BCUT2D eigenvalue weighted by atomic mass is 16.5. The lowest BCUT2D eigenvalue weighted by molar-refractivity contribution is 0.415. The molecule has 1 aliphatic heterocycles. The lowest BCUT2D eigenvalue weighted by Gasteiger charge is -2.36. The molecule has 25 heavy (non-hydrogen) atoms. The molecule has 0 amide bonds. The molecule has 4 rings (SSSR count). The molecular weight excluding hydrogens is 314 g/mol. The Morgan fingerprint density at radius 1 is 0.880 bits per heavy atom. The Labute approximate surface area is 146 Å². The van der Waals surface area contributed by atoms with Gasteiger partial charge in [0.2, 0.25) is 5.95 Å². The van der Waals surface area contributed by atoms with E-state index >= 15 is 0 Å². The summed E-state index contributed by atoms with van der Waals surface area (Å²) in [6, 6.07) is 16.0. The molecule has 0 atom stereocenters. The Hall–Kier alpha value is -3.02. The molecule has 128 valence electrons. The second-order valence-electron chi connectivity index (χ2n) is 6.10. The number of rotatable bonds is 3. The summed E-state index contributed by atoms with van der Waals surface area (Å²) >= 11 is 0. The summed E-state index contributed by atoms with van der Waals surface area (Å²) in [6.07, 6.45) is 0. The molecule has 2 N–H and O–H groups in total. The van der Waals surface area contributed by atoms with Crippen LogP contribution in [0.5, 0.6) is 5.75 Å². The zero-order valence-electron chi connectivity index (χ0n) is 14.2. The third-order valence-corrected chi connectivity index (χ3v) is 4.62. The molecule has 6 nitrogen and oxygen atoms in total. The molecule has 6 heteroatoms. The van der Waals surface area contributed by atoms with Crippen LogP contribution in [0, 0.1) is 0 Å². The Bertz CT molecular complexity index is 873. The number of aromatic nitrogens is 2. The third-order valence-electron chi connectivity index (χ3n) is 4.62. The molecule has 1 saturated heterocycles. The fourth-order valence-electron chi connectivity index (χ4n) is 3.19. The maximum atomic E-state index is 6.11. The highest BCUT2D eigenvalue weighted by Gasteiger charge is 2.20. The van der Waals surface area contributed by atoms with E-state index in [1.54, 1.807) is 7.11 Å². The predicted octanol–water partition coefficient (Wildman–Crippen LogP) is 2.55. The normalized spacial score (nSPS) is 14.8. The Balaban J connectivity index is 1.49. The number of nitrogen functional groups attached to an aromatic ring is 1. The molecule has 1 aliphatic rings. The fourth-order valence-corrected chi connectivity index (χ4v) is 3.19. The van der Waals surface area contributed by atoms with Crippen LogP contribution < -0.4 is 20.3 Å². The molecule has 0 saturated carbocycles. The maximum absolute atomic E-state index is 6.11. The van der Waals surface area contributed by atoms with Gasteiger partial charge in [0.25, 0.3) is 0 Å². The van der Waals surface area contributed by atoms with Crippen LogP contribution in [-0.4, -0.2) is 43.3 Å². The van der Waals surface area contributed by atoms with Gasteiger partial charge in [-0.1, -0.05) is 12.1 Å². The second kappa shape index (κ2) is 6.47. The van der Waals surface area contributed by atoms with Crippen LogP contribution in [0.2, 0.25) is 0 Å². The first-order valence-electron chi connectivity index (χ1n) is 8.41. The van der Waals surface area contributed by atoms with Crippen molar-refractivity contribution in [3.05, 3.63) is 48.5 Å². The molecule has 1 fully saturated rings. The van der Waals surface area contributed by atoms with Gasteiger partial charge in [-0.2, -0.15) is 4.98 Å². The number of para-hydroxylation sites is 1. The summed E-state index contributed by atoms with van der Waals surface area (Å²) in [7, 11) is 1.68. The van der Waals surface area contributed by atoms with E-state index in [-0.39, 0.29) is 0 Å². The molecule has 2 heterocycles. The smallest absolute Gasteiger partial charge is 0.228 e. The molecule has 1 aromatic heterocycles. The molecule has 0 radical (unpaired) electrons. The molecule has 0 unspecified atom stereocenters. The molecule has 3 aromatic rings. The van der Waals surface area contributed by atoms with Crippen LogP contribution in [0.4, 0.5) is 17.5 Å². The number of hydrogen-bond donors (Lipinski definition) is 1. The number of hydrogen-bond acceptors (Lipinski definition) is 6. The first-order chi connectivity index (χ1) is 12.2. The molecule has 0 bridgehead atoms. The number of fused-ring (bicyclic) bond motifs is 1. The predicted molar refractivity (Wildman–Crippen MR) is 101 cm³/mol. The zero-order valence-corrected chi connectivity index (χ0v) is 14.2. The summed E-state index contributed by atoms with van der Waals surface area (Å²) in [4.78, 5) is 13.7. The van der Waals surface area contributed by atoms with Crippen LogP contribution in [0.1, 0.15) is 0 Å². The Kier molecular flexibility index (Phi) is 4.01. The van der Waals surface area contributed by atoms with Gasteiger partial charge < -0.3 is 20.3 Å². The first kappa shape index (κ1) is 15.5. The van der Waals surface area contributed by atoms with Crippen LogP contribution in [0.3, 0.4) is 0 Å². The highest BCUT2D eigenvalue weighted by Crippen LogP contribution is 2.24. The molecular formula is C19H21N5O. The average Bonchev–Trinajstić information content (AvgIpc) is 2.68. The highest BCUT2D eigenvalue weighted by molar-refractivity contribution is 5.88. The van der Waals surface area contributed by atoms with E-state index in [0.717, 1.165) is 42.8 Å². The van der Waals surface area contributed by atoms with Crippen molar-refractivity contribution in [3.8, 4) is 5.75 Å². The van der Waals surface area contributed by atoms with E-state index in [9.17, 15) is 0 Å². The number of benzene rings is 2. The summed E-state index contributed by atoms with van der Waals surface area (Å²) < 4.78 is 5.22. The van der Waals surface area contributed by atoms with Crippen molar-refractivity contribution in [2.24, 2.45) is 0 Å². The fraction of sp³-hybridized carbons (Fsp3) is 0.263. The van der Waals surface area contributed by atoms with Crippen molar-refractivity contribution in [2.75, 3.05) is 48.8 Å². The van der Waals surface area contributed by atoms with Crippen molar-refractivity contribution < 1.29 is 4.74 Å². The van der Waals surface area contributed by atoms with E-state index in [2.05, 4.69) is 31.9 Å². The summed E-state index contributed by atoms with van der Waals surface area (Å²) in [5, 5.41) is 0.906. The van der Waals surface area contributed by atoms with Crippen LogP contribution in [0.25, 0.3) is 10.9 Å². The number of nitrogens with two attached hydrogens (primary N) is 1. The minimum absolute atomic E-state index is 0.540. The van der Waals surface area contributed by atoms with Gasteiger partial charge >= 0.3 is 0 Å². The lowest BCUT2D eigenvalue weighted by atomic mass is 10.2. The quantitative estimate of drug-likeness (QED) is 0.793. The number of methoxy groups -OCH3 is 1. The molecule has 2 aromatic carbocycles. The third kappa shape index (κ3) is 3.03. The van der Waals surface area contributed by atoms with Crippen molar-refractivity contribution in [3.63, 3.8) is 0 Å². The van der Waals surface area contributed by atoms with Crippen molar-refractivity contribution >= 4 is 28.4 Å². The van der Waals surface area contributed by atoms with Gasteiger partial charge in [0, 0.05) is 37.3 Å². The topological polar surface area (TPSA) is 67.5 Å². The van der Waals surface area contributed by atoms with Crippen molar-refractivity contribution in [2.45, 2.75) is 0 Å². The zero-order chi connectivity index (χ0) is 17.2. The summed E-state index contributed by atoms with van der Waals surface area (Å²) in [5.74, 6) is 2.13. The number of anilines is 3. The number of ether oxygens (including phenoxy) is 1. The van der Waals surface area contributed by atoms with Crippen LogP contribution in [-0.2, 0) is 0 Å². The first-order valence-corrected chi connectivity index (χ1v) is 8.41. The van der Waals surface area contributed by atoms with Crippen molar-refractivity contribution in [1.29, 1.82) is 0 Å². The summed E-state index contributed by atoms with van der Waals surface area (Å²) in [6.45, 7) is 3.57. The second-order valence-corrected chi connectivity index (χ2v) is 6.10. The molecule has 0 spiro atoms. The number of nitrogens with zero attached hydrogens (tertiary/aromatic N) is 4. The minimum Gasteiger partial charge on any atom is -0.497 e. The Morgan fingerprint density at radius 3 is 2.28 bits per heavy atom. The minimum atomic E-state index is 0.540. The van der Waals surface area contributed by atoms with Gasteiger partial charge in [0.15, 0.2) is 0 Å². The van der Waals surface area contributed by atoms with Gasteiger partial charge in [-0.3, -0.25) is 0 Å². The van der Waals surface area contributed by atoms with E-state index in [1.807, 2.05) is 36.4 Å². The largest absolute Gasteiger partial charge is 0.497 e. The van der Waals surface area contributed by atoms with Crippen LogP contribution >= 0.6 is 0 Å². The standard InChI is InChI=1S/C19H21N5O/c1-25-15-8-6-14(7-9-15)23-10-12-24(13-11-23)19-21-17-5-3-2-4-16(17)18(20)22-19/h2-9H,10-13H2,1H3,(H2,20,21,22). The van der Waals surface area contributed by atoms with E-state index in [0.29, 0.717) is 11.8 Å². The van der Waals surface area contributed by atoms with Gasteiger partial charge in [0.1, 0.15) is 11.6 Å². The number of piperazine rings is 1. The monoisotopic (exact) mass is 335 g/mol. The molecule has 0 aliphatic carbocycles. The van der Waals surface area contributed by atoms with Gasteiger partial charge in [0.05, 0.1) is 12.6 Å². The maximum Gasteiger partial charge on any atom is 0.228 e.